The van der Waals surface area contributed by atoms with Crippen LogP contribution in [0, 0.1) is 12.8 Å². The average molecular weight is 491 g/mol. The Bertz CT molecular complexity index is 1510. The lowest BCUT2D eigenvalue weighted by molar-refractivity contribution is -0.117. The number of rotatable bonds is 7. The molecule has 0 unspecified atom stereocenters. The van der Waals surface area contributed by atoms with Crippen molar-refractivity contribution in [3.05, 3.63) is 84.1 Å². The molecule has 0 spiro atoms. The summed E-state index contributed by atoms with van der Waals surface area (Å²) in [6.07, 6.45) is 10.9. The standard InChI is InChI=1S/C29H26N6O2/c1-17-2-7-22(33-29(37)21-9-10-31-24(12-21)18-3-4-18)14-23(17)26-16-30-15-25(34-26)20-8-11-32-27(13-20)35-28(36)19-5-6-19/h2,7-16,18-19H,3-6H2,1H3,(H,33,37)(H,32,35,36). The highest BCUT2D eigenvalue weighted by molar-refractivity contribution is 6.04. The molecular formula is C29H26N6O2. The summed E-state index contributed by atoms with van der Waals surface area (Å²) in [6.45, 7) is 2.00. The Labute approximate surface area is 214 Å². The number of benzene rings is 1. The smallest absolute Gasteiger partial charge is 0.255 e. The number of aryl methyl sites for hydroxylation is 1. The Morgan fingerprint density at radius 2 is 1.68 bits per heavy atom. The molecule has 37 heavy (non-hydrogen) atoms. The molecule has 4 aromatic rings. The van der Waals surface area contributed by atoms with Gasteiger partial charge in [0.15, 0.2) is 0 Å². The number of hydrogen-bond acceptors (Lipinski definition) is 6. The Morgan fingerprint density at radius 3 is 2.49 bits per heavy atom. The van der Waals surface area contributed by atoms with Crippen LogP contribution in [0.4, 0.5) is 11.5 Å². The first-order valence-corrected chi connectivity index (χ1v) is 12.5. The van der Waals surface area contributed by atoms with E-state index in [1.807, 2.05) is 43.3 Å². The van der Waals surface area contributed by atoms with Crippen LogP contribution < -0.4 is 10.6 Å². The van der Waals surface area contributed by atoms with Crippen LogP contribution in [0.2, 0.25) is 0 Å². The summed E-state index contributed by atoms with van der Waals surface area (Å²) < 4.78 is 0. The third-order valence-corrected chi connectivity index (χ3v) is 6.70. The van der Waals surface area contributed by atoms with Crippen LogP contribution >= 0.6 is 0 Å². The molecule has 1 aromatic carbocycles. The molecule has 6 rings (SSSR count). The Kier molecular flexibility index (Phi) is 5.92. The molecule has 8 nitrogen and oxygen atoms in total. The number of carbonyl (C=O) groups excluding carboxylic acids is 2. The van der Waals surface area contributed by atoms with Gasteiger partial charge in [0.2, 0.25) is 5.91 Å². The highest BCUT2D eigenvalue weighted by atomic mass is 16.2. The number of aromatic nitrogens is 4. The quantitative estimate of drug-likeness (QED) is 0.360. The van der Waals surface area contributed by atoms with Crippen LogP contribution in [0.25, 0.3) is 22.5 Å². The molecule has 3 aromatic heterocycles. The molecule has 2 fully saturated rings. The van der Waals surface area contributed by atoms with Gasteiger partial charge in [-0.05, 0) is 74.6 Å². The lowest BCUT2D eigenvalue weighted by atomic mass is 10.0. The van der Waals surface area contributed by atoms with Crippen molar-refractivity contribution in [2.45, 2.75) is 38.5 Å². The van der Waals surface area contributed by atoms with Crippen LogP contribution in [-0.2, 0) is 4.79 Å². The van der Waals surface area contributed by atoms with E-state index in [9.17, 15) is 9.59 Å². The van der Waals surface area contributed by atoms with Gasteiger partial charge in [-0.3, -0.25) is 19.6 Å². The minimum absolute atomic E-state index is 0.00880. The number of carbonyl (C=O) groups is 2. The summed E-state index contributed by atoms with van der Waals surface area (Å²) >= 11 is 0. The summed E-state index contributed by atoms with van der Waals surface area (Å²) in [6, 6.07) is 13.0. The van der Waals surface area contributed by atoms with Gasteiger partial charge in [-0.2, -0.15) is 0 Å². The number of nitrogens with one attached hydrogen (secondary N) is 2. The number of amides is 2. The summed E-state index contributed by atoms with van der Waals surface area (Å²) in [5.41, 5.74) is 6.30. The van der Waals surface area contributed by atoms with E-state index in [1.165, 1.54) is 0 Å². The topological polar surface area (TPSA) is 110 Å². The Balaban J connectivity index is 1.24. The van der Waals surface area contributed by atoms with Crippen LogP contribution in [0.1, 0.15) is 53.2 Å². The first kappa shape index (κ1) is 23.0. The number of nitrogens with zero attached hydrogens (tertiary/aromatic N) is 4. The zero-order valence-electron chi connectivity index (χ0n) is 20.4. The Morgan fingerprint density at radius 1 is 0.865 bits per heavy atom. The van der Waals surface area contributed by atoms with Crippen LogP contribution in [0.5, 0.6) is 0 Å². The molecular weight excluding hydrogens is 464 g/mol. The summed E-state index contributed by atoms with van der Waals surface area (Å²) in [5.74, 6) is 0.924. The normalized spacial score (nSPS) is 14.7. The van der Waals surface area contributed by atoms with Crippen molar-refractivity contribution in [1.82, 2.24) is 19.9 Å². The highest BCUT2D eigenvalue weighted by Crippen LogP contribution is 2.39. The first-order chi connectivity index (χ1) is 18.0. The average Bonchev–Trinajstić information content (AvgIpc) is 3.83. The van der Waals surface area contributed by atoms with E-state index in [1.54, 1.807) is 30.9 Å². The third kappa shape index (κ3) is 5.23. The fraction of sp³-hybridized carbons (Fsp3) is 0.241. The first-order valence-electron chi connectivity index (χ1n) is 12.5. The van der Waals surface area contributed by atoms with Gasteiger partial charge in [-0.15, -0.1) is 0 Å². The van der Waals surface area contributed by atoms with Crippen molar-refractivity contribution >= 4 is 23.3 Å². The van der Waals surface area contributed by atoms with Crippen molar-refractivity contribution in [3.8, 4) is 22.5 Å². The van der Waals surface area contributed by atoms with E-state index in [0.29, 0.717) is 34.4 Å². The second-order valence-corrected chi connectivity index (χ2v) is 9.71. The Hall–Kier alpha value is -4.46. The summed E-state index contributed by atoms with van der Waals surface area (Å²) in [5, 5.41) is 5.88. The van der Waals surface area contributed by atoms with E-state index in [2.05, 4.69) is 25.6 Å². The van der Waals surface area contributed by atoms with Crippen molar-refractivity contribution in [3.63, 3.8) is 0 Å². The third-order valence-electron chi connectivity index (χ3n) is 6.70. The molecule has 2 aliphatic rings. The zero-order chi connectivity index (χ0) is 25.4. The second kappa shape index (κ2) is 9.54. The second-order valence-electron chi connectivity index (χ2n) is 9.71. The number of anilines is 2. The van der Waals surface area contributed by atoms with Gasteiger partial charge in [0, 0.05) is 52.3 Å². The van der Waals surface area contributed by atoms with Gasteiger partial charge >= 0.3 is 0 Å². The van der Waals surface area contributed by atoms with E-state index in [4.69, 9.17) is 4.98 Å². The SMILES string of the molecule is Cc1ccc(NC(=O)c2ccnc(C3CC3)c2)cc1-c1cncc(-c2ccnc(NC(=O)C3CC3)c2)n1. The monoisotopic (exact) mass is 490 g/mol. The lowest BCUT2D eigenvalue weighted by Gasteiger charge is -2.12. The van der Waals surface area contributed by atoms with Crippen molar-refractivity contribution in [2.24, 2.45) is 5.92 Å². The van der Waals surface area contributed by atoms with E-state index in [-0.39, 0.29) is 17.7 Å². The van der Waals surface area contributed by atoms with E-state index in [0.717, 1.165) is 48.1 Å². The van der Waals surface area contributed by atoms with Gasteiger partial charge in [0.25, 0.3) is 5.91 Å². The largest absolute Gasteiger partial charge is 0.322 e. The lowest BCUT2D eigenvalue weighted by Crippen LogP contribution is -2.14. The molecule has 0 saturated heterocycles. The maximum atomic E-state index is 12.9. The fourth-order valence-corrected chi connectivity index (χ4v) is 4.24. The molecule has 0 atom stereocenters. The van der Waals surface area contributed by atoms with Gasteiger partial charge in [-0.25, -0.2) is 9.97 Å². The summed E-state index contributed by atoms with van der Waals surface area (Å²) in [7, 11) is 0. The predicted molar refractivity (Wildman–Crippen MR) is 141 cm³/mol. The van der Waals surface area contributed by atoms with Gasteiger partial charge in [-0.1, -0.05) is 6.07 Å². The fourth-order valence-electron chi connectivity index (χ4n) is 4.24. The molecule has 184 valence electrons. The summed E-state index contributed by atoms with van der Waals surface area (Å²) in [4.78, 5) is 43.0. The number of hydrogen-bond donors (Lipinski definition) is 2. The maximum Gasteiger partial charge on any atom is 0.255 e. The molecule has 0 bridgehead atoms. The maximum absolute atomic E-state index is 12.9. The molecule has 0 aliphatic heterocycles. The van der Waals surface area contributed by atoms with Crippen LogP contribution in [0.15, 0.2) is 67.3 Å². The molecule has 2 amide bonds. The number of pyridine rings is 2. The molecule has 2 saturated carbocycles. The van der Waals surface area contributed by atoms with Crippen molar-refractivity contribution in [2.75, 3.05) is 10.6 Å². The minimum atomic E-state index is -0.170. The molecule has 8 heteroatoms. The van der Waals surface area contributed by atoms with Gasteiger partial charge in [0.1, 0.15) is 5.82 Å². The highest BCUT2D eigenvalue weighted by Gasteiger charge is 2.30. The van der Waals surface area contributed by atoms with Crippen LogP contribution in [-0.4, -0.2) is 31.8 Å². The van der Waals surface area contributed by atoms with E-state index >= 15 is 0 Å². The van der Waals surface area contributed by atoms with Gasteiger partial charge < -0.3 is 10.6 Å². The molecule has 2 aliphatic carbocycles. The molecule has 2 N–H and O–H groups in total. The minimum Gasteiger partial charge on any atom is -0.322 e. The van der Waals surface area contributed by atoms with E-state index < -0.39 is 0 Å². The zero-order valence-corrected chi connectivity index (χ0v) is 20.4. The van der Waals surface area contributed by atoms with Crippen LogP contribution in [0.3, 0.4) is 0 Å². The molecule has 3 heterocycles. The van der Waals surface area contributed by atoms with Crippen molar-refractivity contribution < 1.29 is 9.59 Å². The predicted octanol–water partition coefficient (Wildman–Crippen LogP) is 5.39. The molecule has 0 radical (unpaired) electrons. The van der Waals surface area contributed by atoms with Gasteiger partial charge in [0.05, 0.1) is 23.8 Å². The van der Waals surface area contributed by atoms with Crippen molar-refractivity contribution in [1.29, 1.82) is 0 Å².